The number of carbonyl (C=O) groups excluding carboxylic acids is 1. The zero-order chi connectivity index (χ0) is 15.4. The molecule has 0 aliphatic rings. The fourth-order valence-electron chi connectivity index (χ4n) is 1.72. The van der Waals surface area contributed by atoms with Gasteiger partial charge in [0.05, 0.1) is 6.10 Å². The zero-order valence-electron chi connectivity index (χ0n) is 11.6. The second-order valence-corrected chi connectivity index (χ2v) is 4.65. The first-order chi connectivity index (χ1) is 9.94. The first-order valence-corrected chi connectivity index (χ1v) is 6.35. The Balaban J connectivity index is 2.15. The molecule has 0 saturated carbocycles. The quantitative estimate of drug-likeness (QED) is 0.879. The van der Waals surface area contributed by atoms with Crippen molar-refractivity contribution in [1.29, 1.82) is 0 Å². The van der Waals surface area contributed by atoms with Crippen LogP contribution in [0.15, 0.2) is 36.4 Å². The van der Waals surface area contributed by atoms with Gasteiger partial charge in [-0.05, 0) is 26.0 Å². The van der Waals surface area contributed by atoms with Crippen molar-refractivity contribution in [2.75, 3.05) is 5.32 Å². The lowest BCUT2D eigenvalue weighted by atomic mass is 10.2. The van der Waals surface area contributed by atoms with Crippen LogP contribution >= 0.6 is 0 Å². The summed E-state index contributed by atoms with van der Waals surface area (Å²) in [5, 5.41) is 2.55. The summed E-state index contributed by atoms with van der Waals surface area (Å²) in [6.45, 7) is 3.77. The van der Waals surface area contributed by atoms with E-state index in [1.807, 2.05) is 13.8 Å². The molecule has 0 bridgehead atoms. The number of hydrogen-bond acceptors (Lipinski definition) is 3. The summed E-state index contributed by atoms with van der Waals surface area (Å²) < 4.78 is 31.5. The van der Waals surface area contributed by atoms with E-state index in [-0.39, 0.29) is 11.7 Å². The predicted molar refractivity (Wildman–Crippen MR) is 74.3 cm³/mol. The average molecular weight is 292 g/mol. The molecule has 1 amide bonds. The van der Waals surface area contributed by atoms with Crippen molar-refractivity contribution in [2.24, 2.45) is 0 Å². The van der Waals surface area contributed by atoms with Gasteiger partial charge in [-0.3, -0.25) is 4.79 Å². The molecule has 0 fully saturated rings. The molecule has 2 rings (SSSR count). The summed E-state index contributed by atoms with van der Waals surface area (Å²) in [5.74, 6) is -2.12. The zero-order valence-corrected chi connectivity index (χ0v) is 11.6. The number of nitrogens with zero attached hydrogens (tertiary/aromatic N) is 1. The van der Waals surface area contributed by atoms with E-state index >= 15 is 0 Å². The van der Waals surface area contributed by atoms with Gasteiger partial charge in [-0.15, -0.1) is 0 Å². The lowest BCUT2D eigenvalue weighted by molar-refractivity contribution is 0.102. The average Bonchev–Trinajstić information content (AvgIpc) is 2.37. The van der Waals surface area contributed by atoms with Crippen molar-refractivity contribution in [3.63, 3.8) is 0 Å². The second-order valence-electron chi connectivity index (χ2n) is 4.65. The van der Waals surface area contributed by atoms with Crippen molar-refractivity contribution < 1.29 is 18.3 Å². The van der Waals surface area contributed by atoms with E-state index in [0.29, 0.717) is 11.4 Å². The Morgan fingerprint density at radius 3 is 2.48 bits per heavy atom. The van der Waals surface area contributed by atoms with Crippen LogP contribution in [-0.2, 0) is 0 Å². The smallest absolute Gasteiger partial charge is 0.255 e. The van der Waals surface area contributed by atoms with E-state index in [4.69, 9.17) is 4.74 Å². The van der Waals surface area contributed by atoms with Gasteiger partial charge in [-0.25, -0.2) is 0 Å². The van der Waals surface area contributed by atoms with Gasteiger partial charge < -0.3 is 10.1 Å². The maximum Gasteiger partial charge on any atom is 0.255 e. The monoisotopic (exact) mass is 292 g/mol. The molecule has 2 aromatic rings. The van der Waals surface area contributed by atoms with Crippen LogP contribution in [0, 0.1) is 11.9 Å². The Morgan fingerprint density at radius 2 is 1.86 bits per heavy atom. The molecule has 110 valence electrons. The number of pyridine rings is 1. The highest BCUT2D eigenvalue weighted by atomic mass is 19.1. The number of hydrogen-bond donors (Lipinski definition) is 1. The highest BCUT2D eigenvalue weighted by Crippen LogP contribution is 2.19. The van der Waals surface area contributed by atoms with E-state index in [2.05, 4.69) is 10.3 Å². The topological polar surface area (TPSA) is 51.2 Å². The number of aromatic nitrogens is 1. The van der Waals surface area contributed by atoms with Crippen LogP contribution in [0.1, 0.15) is 24.2 Å². The minimum Gasteiger partial charge on any atom is -0.491 e. The third kappa shape index (κ3) is 4.24. The number of amides is 1. The standard InChI is InChI=1S/C15H14F2N2O2/c1-9(2)21-12-5-3-4-11(8-12)18-15(20)10-6-13(16)19-14(17)7-10/h3-9H,1-2H3,(H,18,20). The fraction of sp³-hybridized carbons (Fsp3) is 0.200. The van der Waals surface area contributed by atoms with Crippen LogP contribution in [0.25, 0.3) is 0 Å². The van der Waals surface area contributed by atoms with Crippen LogP contribution in [0.4, 0.5) is 14.5 Å². The number of ether oxygens (including phenoxy) is 1. The molecule has 0 atom stereocenters. The SMILES string of the molecule is CC(C)Oc1cccc(NC(=O)c2cc(F)nc(F)c2)c1. The lowest BCUT2D eigenvalue weighted by Crippen LogP contribution is -2.13. The Bertz CT molecular complexity index is 640. The number of nitrogens with one attached hydrogen (secondary N) is 1. The van der Waals surface area contributed by atoms with E-state index in [1.165, 1.54) is 0 Å². The van der Waals surface area contributed by atoms with Crippen LogP contribution in [-0.4, -0.2) is 17.0 Å². The molecular weight excluding hydrogens is 278 g/mol. The maximum absolute atomic E-state index is 13.0. The highest BCUT2D eigenvalue weighted by Gasteiger charge is 2.11. The first kappa shape index (κ1) is 14.9. The third-order valence-electron chi connectivity index (χ3n) is 2.49. The molecule has 1 aromatic carbocycles. The molecule has 0 saturated heterocycles. The Kier molecular flexibility index (Phi) is 4.47. The van der Waals surface area contributed by atoms with E-state index in [9.17, 15) is 13.6 Å². The molecule has 0 radical (unpaired) electrons. The molecular formula is C15H14F2N2O2. The minimum atomic E-state index is -1.04. The number of halogens is 2. The molecule has 1 aromatic heterocycles. The van der Waals surface area contributed by atoms with Crippen LogP contribution in [0.3, 0.4) is 0 Å². The summed E-state index contributed by atoms with van der Waals surface area (Å²) in [4.78, 5) is 14.9. The van der Waals surface area contributed by atoms with Gasteiger partial charge in [-0.2, -0.15) is 13.8 Å². The third-order valence-corrected chi connectivity index (χ3v) is 2.49. The molecule has 1 N–H and O–H groups in total. The highest BCUT2D eigenvalue weighted by molar-refractivity contribution is 6.04. The number of benzene rings is 1. The normalized spacial score (nSPS) is 10.5. The van der Waals surface area contributed by atoms with E-state index in [0.717, 1.165) is 12.1 Å². The summed E-state index contributed by atoms with van der Waals surface area (Å²) in [5.41, 5.74) is 0.325. The van der Waals surface area contributed by atoms with E-state index in [1.54, 1.807) is 24.3 Å². The van der Waals surface area contributed by atoms with Crippen LogP contribution in [0.2, 0.25) is 0 Å². The van der Waals surface area contributed by atoms with Gasteiger partial charge in [0.1, 0.15) is 5.75 Å². The van der Waals surface area contributed by atoms with Crippen molar-refractivity contribution in [2.45, 2.75) is 20.0 Å². The predicted octanol–water partition coefficient (Wildman–Crippen LogP) is 3.40. The summed E-state index contributed by atoms with van der Waals surface area (Å²) in [7, 11) is 0. The summed E-state index contributed by atoms with van der Waals surface area (Å²) >= 11 is 0. The Morgan fingerprint density at radius 1 is 1.19 bits per heavy atom. The van der Waals surface area contributed by atoms with Gasteiger partial charge in [0.15, 0.2) is 0 Å². The second kappa shape index (κ2) is 6.30. The van der Waals surface area contributed by atoms with Crippen molar-refractivity contribution in [1.82, 2.24) is 4.98 Å². The molecule has 0 spiro atoms. The van der Waals surface area contributed by atoms with Gasteiger partial charge >= 0.3 is 0 Å². The maximum atomic E-state index is 13.0. The molecule has 4 nitrogen and oxygen atoms in total. The van der Waals surface area contributed by atoms with Crippen LogP contribution < -0.4 is 10.1 Å². The number of rotatable bonds is 4. The molecule has 6 heteroatoms. The minimum absolute atomic E-state index is 0.000610. The van der Waals surface area contributed by atoms with E-state index < -0.39 is 17.8 Å². The van der Waals surface area contributed by atoms with Crippen LogP contribution in [0.5, 0.6) is 5.75 Å². The van der Waals surface area contributed by atoms with Gasteiger partial charge in [-0.1, -0.05) is 6.07 Å². The Labute approximate surface area is 120 Å². The lowest BCUT2D eigenvalue weighted by Gasteiger charge is -2.11. The van der Waals surface area contributed by atoms with Crippen molar-refractivity contribution in [3.8, 4) is 5.75 Å². The molecule has 0 unspecified atom stereocenters. The number of anilines is 1. The summed E-state index contributed by atoms with van der Waals surface area (Å²) in [6.07, 6.45) is -0.000610. The van der Waals surface area contributed by atoms with Gasteiger partial charge in [0, 0.05) is 29.4 Å². The summed E-state index contributed by atoms with van der Waals surface area (Å²) in [6, 6.07) is 8.48. The molecule has 0 aliphatic heterocycles. The van der Waals surface area contributed by atoms with Crippen molar-refractivity contribution in [3.05, 3.63) is 53.9 Å². The van der Waals surface area contributed by atoms with Crippen molar-refractivity contribution >= 4 is 11.6 Å². The first-order valence-electron chi connectivity index (χ1n) is 6.35. The largest absolute Gasteiger partial charge is 0.491 e. The van der Waals surface area contributed by atoms with Gasteiger partial charge in [0.2, 0.25) is 11.9 Å². The molecule has 1 heterocycles. The van der Waals surface area contributed by atoms with Gasteiger partial charge in [0.25, 0.3) is 5.91 Å². The fourth-order valence-corrected chi connectivity index (χ4v) is 1.72. The molecule has 0 aliphatic carbocycles. The Hall–Kier alpha value is -2.50. The molecule has 21 heavy (non-hydrogen) atoms. The number of carbonyl (C=O) groups is 1.